The Bertz CT molecular complexity index is 245. The molecule has 14 heavy (non-hydrogen) atoms. The molecule has 1 aromatic rings. The largest absolute Gasteiger partial charge is 0.353 e. The zero-order valence-corrected chi connectivity index (χ0v) is 8.11. The van der Waals surface area contributed by atoms with Crippen molar-refractivity contribution < 1.29 is 9.47 Å². The highest BCUT2D eigenvalue weighted by atomic mass is 16.7. The van der Waals surface area contributed by atoms with E-state index in [4.69, 9.17) is 9.47 Å². The number of nitrogens with one attached hydrogen (secondary N) is 1. The maximum Gasteiger partial charge on any atom is 0.157 e. The number of aromatic amines is 1. The van der Waals surface area contributed by atoms with Crippen molar-refractivity contribution in [1.29, 1.82) is 0 Å². The van der Waals surface area contributed by atoms with Crippen LogP contribution in [0.2, 0.25) is 0 Å². The van der Waals surface area contributed by atoms with Crippen LogP contribution < -0.4 is 0 Å². The zero-order chi connectivity index (χ0) is 9.64. The molecule has 0 saturated carbocycles. The maximum absolute atomic E-state index is 5.54. The molecule has 5 nitrogen and oxygen atoms in total. The highest BCUT2D eigenvalue weighted by Crippen LogP contribution is 2.13. The Kier molecular flexibility index (Phi) is 3.48. The molecule has 1 atom stereocenters. The van der Waals surface area contributed by atoms with Gasteiger partial charge in [-0.05, 0) is 19.3 Å². The zero-order valence-electron chi connectivity index (χ0n) is 8.11. The van der Waals surface area contributed by atoms with Gasteiger partial charge in [-0.2, -0.15) is 5.10 Å². The summed E-state index contributed by atoms with van der Waals surface area (Å²) in [6.07, 6.45) is 5.67. The van der Waals surface area contributed by atoms with E-state index < -0.39 is 0 Å². The Balaban J connectivity index is 1.62. The van der Waals surface area contributed by atoms with Crippen molar-refractivity contribution >= 4 is 0 Å². The monoisotopic (exact) mass is 197 g/mol. The van der Waals surface area contributed by atoms with E-state index in [9.17, 15) is 0 Å². The number of H-pyrrole nitrogens is 1. The van der Waals surface area contributed by atoms with Crippen molar-refractivity contribution in [3.05, 3.63) is 12.2 Å². The molecular formula is C9H15N3O2. The normalized spacial score (nSPS) is 22.4. The van der Waals surface area contributed by atoms with Crippen LogP contribution in [0.4, 0.5) is 0 Å². The first kappa shape index (κ1) is 9.61. The number of aromatic nitrogens is 3. The molecule has 1 aliphatic heterocycles. The average Bonchev–Trinajstić information content (AvgIpc) is 2.72. The van der Waals surface area contributed by atoms with Gasteiger partial charge in [-0.3, -0.25) is 5.10 Å². The summed E-state index contributed by atoms with van der Waals surface area (Å²) in [7, 11) is 0. The fourth-order valence-corrected chi connectivity index (χ4v) is 1.48. The van der Waals surface area contributed by atoms with Crippen LogP contribution in [0.1, 0.15) is 25.1 Å². The van der Waals surface area contributed by atoms with Crippen molar-refractivity contribution in [3.63, 3.8) is 0 Å². The van der Waals surface area contributed by atoms with E-state index in [0.717, 1.165) is 31.7 Å². The predicted molar refractivity (Wildman–Crippen MR) is 49.6 cm³/mol. The molecule has 1 aliphatic rings. The quantitative estimate of drug-likeness (QED) is 0.778. The van der Waals surface area contributed by atoms with Crippen molar-refractivity contribution in [2.45, 2.75) is 32.0 Å². The molecule has 2 heterocycles. The number of hydrogen-bond donors (Lipinski definition) is 1. The number of rotatable bonds is 4. The summed E-state index contributed by atoms with van der Waals surface area (Å²) in [5, 5.41) is 6.61. The molecule has 1 N–H and O–H groups in total. The second-order valence-corrected chi connectivity index (χ2v) is 3.33. The van der Waals surface area contributed by atoms with E-state index in [2.05, 4.69) is 15.2 Å². The van der Waals surface area contributed by atoms with Gasteiger partial charge < -0.3 is 9.47 Å². The Labute approximate surface area is 82.8 Å². The minimum Gasteiger partial charge on any atom is -0.353 e. The van der Waals surface area contributed by atoms with Crippen LogP contribution in [0, 0.1) is 0 Å². The number of ether oxygens (including phenoxy) is 2. The Morgan fingerprint density at radius 1 is 1.57 bits per heavy atom. The summed E-state index contributed by atoms with van der Waals surface area (Å²) in [4.78, 5) is 4.01. The molecule has 0 aromatic carbocycles. The topological polar surface area (TPSA) is 60.0 Å². The fraction of sp³-hybridized carbons (Fsp3) is 0.778. The SMILES string of the molecule is c1nc(CCOC2CCCCO2)n[nH]1. The van der Waals surface area contributed by atoms with E-state index in [0.29, 0.717) is 6.61 Å². The Hall–Kier alpha value is -0.940. The molecule has 1 fully saturated rings. The molecular weight excluding hydrogens is 182 g/mol. The van der Waals surface area contributed by atoms with Crippen LogP contribution >= 0.6 is 0 Å². The van der Waals surface area contributed by atoms with E-state index in [1.165, 1.54) is 6.42 Å². The van der Waals surface area contributed by atoms with Crippen LogP contribution in [0.15, 0.2) is 6.33 Å². The van der Waals surface area contributed by atoms with Gasteiger partial charge in [0.2, 0.25) is 0 Å². The molecule has 5 heteroatoms. The van der Waals surface area contributed by atoms with Gasteiger partial charge in [0.15, 0.2) is 12.1 Å². The summed E-state index contributed by atoms with van der Waals surface area (Å²) in [5.74, 6) is 0.792. The predicted octanol–water partition coefficient (Wildman–Crippen LogP) is 0.890. The molecule has 0 bridgehead atoms. The molecule has 0 spiro atoms. The maximum atomic E-state index is 5.54. The van der Waals surface area contributed by atoms with Crippen molar-refractivity contribution in [2.24, 2.45) is 0 Å². The van der Waals surface area contributed by atoms with E-state index >= 15 is 0 Å². The third kappa shape index (κ3) is 2.78. The van der Waals surface area contributed by atoms with Crippen LogP contribution in [0.3, 0.4) is 0 Å². The van der Waals surface area contributed by atoms with E-state index in [1.54, 1.807) is 6.33 Å². The first-order valence-electron chi connectivity index (χ1n) is 5.03. The Morgan fingerprint density at radius 3 is 3.29 bits per heavy atom. The lowest BCUT2D eigenvalue weighted by molar-refractivity contribution is -0.161. The van der Waals surface area contributed by atoms with Crippen molar-refractivity contribution in [1.82, 2.24) is 15.2 Å². The first-order valence-corrected chi connectivity index (χ1v) is 5.03. The van der Waals surface area contributed by atoms with Crippen LogP contribution in [-0.2, 0) is 15.9 Å². The smallest absolute Gasteiger partial charge is 0.157 e. The minimum absolute atomic E-state index is 0.0114. The van der Waals surface area contributed by atoms with Crippen molar-refractivity contribution in [2.75, 3.05) is 13.2 Å². The van der Waals surface area contributed by atoms with Crippen LogP contribution in [-0.4, -0.2) is 34.7 Å². The lowest BCUT2D eigenvalue weighted by Gasteiger charge is -2.22. The van der Waals surface area contributed by atoms with Gasteiger partial charge in [0, 0.05) is 13.0 Å². The second-order valence-electron chi connectivity index (χ2n) is 3.33. The van der Waals surface area contributed by atoms with Gasteiger partial charge >= 0.3 is 0 Å². The van der Waals surface area contributed by atoms with Gasteiger partial charge in [-0.15, -0.1) is 0 Å². The average molecular weight is 197 g/mol. The third-order valence-corrected chi connectivity index (χ3v) is 2.23. The van der Waals surface area contributed by atoms with Gasteiger partial charge in [0.05, 0.1) is 6.61 Å². The molecule has 1 aromatic heterocycles. The summed E-state index contributed by atoms with van der Waals surface area (Å²) in [5.41, 5.74) is 0. The summed E-state index contributed by atoms with van der Waals surface area (Å²) < 4.78 is 11.0. The summed E-state index contributed by atoms with van der Waals surface area (Å²) in [6.45, 7) is 1.45. The highest BCUT2D eigenvalue weighted by Gasteiger charge is 2.13. The van der Waals surface area contributed by atoms with Gasteiger partial charge in [0.25, 0.3) is 0 Å². The fourth-order valence-electron chi connectivity index (χ4n) is 1.48. The lowest BCUT2D eigenvalue weighted by atomic mass is 10.2. The van der Waals surface area contributed by atoms with Crippen LogP contribution in [0.25, 0.3) is 0 Å². The third-order valence-electron chi connectivity index (χ3n) is 2.23. The number of hydrogen-bond acceptors (Lipinski definition) is 4. The van der Waals surface area contributed by atoms with E-state index in [1.807, 2.05) is 0 Å². The highest BCUT2D eigenvalue weighted by molar-refractivity contribution is 4.79. The van der Waals surface area contributed by atoms with Gasteiger partial charge in [0.1, 0.15) is 6.33 Å². The lowest BCUT2D eigenvalue weighted by Crippen LogP contribution is -2.23. The first-order chi connectivity index (χ1) is 6.95. The van der Waals surface area contributed by atoms with Gasteiger partial charge in [-0.1, -0.05) is 0 Å². The molecule has 0 amide bonds. The molecule has 1 saturated heterocycles. The summed E-state index contributed by atoms with van der Waals surface area (Å²) in [6, 6.07) is 0. The van der Waals surface area contributed by atoms with Crippen molar-refractivity contribution in [3.8, 4) is 0 Å². The molecule has 78 valence electrons. The molecule has 0 aliphatic carbocycles. The minimum atomic E-state index is -0.0114. The number of nitrogens with zero attached hydrogens (tertiary/aromatic N) is 2. The standard InChI is InChI=1S/C9H15N3O2/c1-2-5-13-9(3-1)14-6-4-8-10-7-11-12-8/h7,9H,1-6H2,(H,10,11,12). The Morgan fingerprint density at radius 2 is 2.57 bits per heavy atom. The van der Waals surface area contributed by atoms with Crippen LogP contribution in [0.5, 0.6) is 0 Å². The van der Waals surface area contributed by atoms with Gasteiger partial charge in [-0.25, -0.2) is 4.98 Å². The molecule has 1 unspecified atom stereocenters. The summed E-state index contributed by atoms with van der Waals surface area (Å²) >= 11 is 0. The molecule has 2 rings (SSSR count). The molecule has 0 radical (unpaired) electrons. The van der Waals surface area contributed by atoms with E-state index in [-0.39, 0.29) is 6.29 Å². The second kappa shape index (κ2) is 5.07.